The maximum atomic E-state index is 12.8. The fraction of sp³-hybridized carbons (Fsp3) is 0.409. The molecule has 4 nitrogen and oxygen atoms in total. The molecule has 0 fully saturated rings. The molecule has 0 aromatic heterocycles. The lowest BCUT2D eigenvalue weighted by molar-refractivity contribution is 0.0696. The Bertz CT molecular complexity index is 972. The molecule has 0 atom stereocenters. The number of hydrogen-bond acceptors (Lipinski definition) is 3. The summed E-state index contributed by atoms with van der Waals surface area (Å²) in [5.74, 6) is -1.10. The first-order valence-electron chi connectivity index (χ1n) is 9.50. The van der Waals surface area contributed by atoms with Crippen LogP contribution in [0.15, 0.2) is 41.3 Å². The minimum absolute atomic E-state index is 0.0452. The fourth-order valence-corrected chi connectivity index (χ4v) is 6.24. The SMILES string of the molecule is CC12CCCc3cc(CS(=O)(=O)c4ccc(C(=O)O)cc4)cc(c31)CCC2. The summed E-state index contributed by atoms with van der Waals surface area (Å²) < 4.78 is 25.7. The number of benzene rings is 2. The van der Waals surface area contributed by atoms with E-state index in [9.17, 15) is 13.2 Å². The van der Waals surface area contributed by atoms with Crippen molar-refractivity contribution in [1.29, 1.82) is 0 Å². The van der Waals surface area contributed by atoms with Crippen molar-refractivity contribution in [1.82, 2.24) is 0 Å². The summed E-state index contributed by atoms with van der Waals surface area (Å²) >= 11 is 0. The van der Waals surface area contributed by atoms with Gasteiger partial charge in [0.05, 0.1) is 16.2 Å². The lowest BCUT2D eigenvalue weighted by atomic mass is 9.63. The zero-order chi connectivity index (χ0) is 19.2. The minimum atomic E-state index is -3.51. The van der Waals surface area contributed by atoms with Gasteiger partial charge in [0.1, 0.15) is 0 Å². The third kappa shape index (κ3) is 3.29. The van der Waals surface area contributed by atoms with Crippen LogP contribution in [0.3, 0.4) is 0 Å². The summed E-state index contributed by atoms with van der Waals surface area (Å²) in [6.45, 7) is 2.36. The van der Waals surface area contributed by atoms with Crippen molar-refractivity contribution >= 4 is 15.8 Å². The maximum Gasteiger partial charge on any atom is 0.335 e. The van der Waals surface area contributed by atoms with Crippen LogP contribution in [0.5, 0.6) is 0 Å². The van der Waals surface area contributed by atoms with Crippen LogP contribution in [0.25, 0.3) is 0 Å². The lowest BCUT2D eigenvalue weighted by Crippen LogP contribution is -2.32. The number of carbonyl (C=O) groups is 1. The molecule has 0 saturated carbocycles. The van der Waals surface area contributed by atoms with Gasteiger partial charge in [0.25, 0.3) is 0 Å². The molecule has 0 saturated heterocycles. The Kier molecular flexibility index (Phi) is 4.38. The molecular formula is C22H24O4S. The van der Waals surface area contributed by atoms with Crippen molar-refractivity contribution in [2.45, 2.75) is 61.5 Å². The molecule has 2 aliphatic carbocycles. The summed E-state index contributed by atoms with van der Waals surface area (Å²) in [4.78, 5) is 11.1. The van der Waals surface area contributed by atoms with Gasteiger partial charge in [0, 0.05) is 0 Å². The number of sulfone groups is 1. The van der Waals surface area contributed by atoms with E-state index in [-0.39, 0.29) is 21.6 Å². The standard InChI is InChI=1S/C22H24O4S/c1-22-10-2-4-17-12-15(13-18(20(17)22)5-3-11-22)14-27(25,26)19-8-6-16(7-9-19)21(23)24/h6-9,12-13H,2-5,10-11,14H2,1H3,(H,23,24). The van der Waals surface area contributed by atoms with Gasteiger partial charge in [-0.1, -0.05) is 19.1 Å². The predicted octanol–water partition coefficient (Wildman–Crippen LogP) is 4.29. The predicted molar refractivity (Wildman–Crippen MR) is 104 cm³/mol. The van der Waals surface area contributed by atoms with Gasteiger partial charge in [-0.15, -0.1) is 0 Å². The second kappa shape index (κ2) is 6.48. The van der Waals surface area contributed by atoms with Crippen molar-refractivity contribution in [3.8, 4) is 0 Å². The molecular weight excluding hydrogens is 360 g/mol. The number of aryl methyl sites for hydroxylation is 2. The smallest absolute Gasteiger partial charge is 0.335 e. The number of hydrogen-bond donors (Lipinski definition) is 1. The molecule has 0 aliphatic heterocycles. The van der Waals surface area contributed by atoms with Gasteiger partial charge in [0.2, 0.25) is 0 Å². The molecule has 27 heavy (non-hydrogen) atoms. The quantitative estimate of drug-likeness (QED) is 0.854. The first-order valence-corrected chi connectivity index (χ1v) is 11.1. The van der Waals surface area contributed by atoms with Crippen molar-refractivity contribution in [2.75, 3.05) is 0 Å². The highest BCUT2D eigenvalue weighted by Gasteiger charge is 2.36. The average Bonchev–Trinajstić information content (AvgIpc) is 2.61. The van der Waals surface area contributed by atoms with Crippen molar-refractivity contribution in [3.05, 3.63) is 64.2 Å². The van der Waals surface area contributed by atoms with Crippen molar-refractivity contribution in [3.63, 3.8) is 0 Å². The average molecular weight is 384 g/mol. The summed E-state index contributed by atoms with van der Waals surface area (Å²) in [5, 5.41) is 8.98. The van der Waals surface area contributed by atoms with E-state index in [2.05, 4.69) is 19.1 Å². The van der Waals surface area contributed by atoms with Crippen LogP contribution in [-0.2, 0) is 33.8 Å². The van der Waals surface area contributed by atoms with E-state index in [1.165, 1.54) is 53.8 Å². The summed E-state index contributed by atoms with van der Waals surface area (Å²) in [7, 11) is -3.51. The van der Waals surface area contributed by atoms with Gasteiger partial charge in [-0.2, -0.15) is 0 Å². The van der Waals surface area contributed by atoms with Crippen LogP contribution in [0.2, 0.25) is 0 Å². The lowest BCUT2D eigenvalue weighted by Gasteiger charge is -2.41. The Labute approximate surface area is 160 Å². The molecule has 2 aromatic rings. The van der Waals surface area contributed by atoms with Gasteiger partial charge in [-0.3, -0.25) is 0 Å². The fourth-order valence-electron chi connectivity index (χ4n) is 4.91. The molecule has 4 rings (SSSR count). The zero-order valence-corrected chi connectivity index (χ0v) is 16.3. The Morgan fingerprint density at radius 3 is 2.11 bits per heavy atom. The van der Waals surface area contributed by atoms with Crippen LogP contribution in [-0.4, -0.2) is 19.5 Å². The first-order chi connectivity index (χ1) is 12.8. The molecule has 142 valence electrons. The molecule has 5 heteroatoms. The summed E-state index contributed by atoms with van der Waals surface area (Å²) in [6, 6.07) is 9.64. The molecule has 2 aliphatic rings. The van der Waals surface area contributed by atoms with E-state index in [1.54, 1.807) is 0 Å². The van der Waals surface area contributed by atoms with E-state index in [4.69, 9.17) is 5.11 Å². The van der Waals surface area contributed by atoms with Crippen LogP contribution < -0.4 is 0 Å². The van der Waals surface area contributed by atoms with E-state index in [1.807, 2.05) is 0 Å². The van der Waals surface area contributed by atoms with Crippen LogP contribution in [0.1, 0.15) is 65.2 Å². The molecule has 0 unspecified atom stereocenters. The summed E-state index contributed by atoms with van der Waals surface area (Å²) in [5.41, 5.74) is 5.32. The third-order valence-electron chi connectivity index (χ3n) is 6.13. The van der Waals surface area contributed by atoms with Crippen molar-refractivity contribution in [2.24, 2.45) is 0 Å². The zero-order valence-electron chi connectivity index (χ0n) is 15.5. The summed E-state index contributed by atoms with van der Waals surface area (Å²) in [6.07, 6.45) is 6.82. The molecule has 1 N–H and O–H groups in total. The Hall–Kier alpha value is -2.14. The van der Waals surface area contributed by atoms with Gasteiger partial charge in [-0.05, 0) is 90.5 Å². The Morgan fingerprint density at radius 1 is 1.04 bits per heavy atom. The van der Waals surface area contributed by atoms with Crippen molar-refractivity contribution < 1.29 is 18.3 Å². The number of aromatic carboxylic acids is 1. The molecule has 0 radical (unpaired) electrons. The first kappa shape index (κ1) is 18.2. The highest BCUT2D eigenvalue weighted by Crippen LogP contribution is 2.46. The minimum Gasteiger partial charge on any atom is -0.478 e. The molecule has 0 amide bonds. The Balaban J connectivity index is 1.68. The second-order valence-electron chi connectivity index (χ2n) is 8.15. The maximum absolute atomic E-state index is 12.8. The van der Waals surface area contributed by atoms with Crippen LogP contribution in [0.4, 0.5) is 0 Å². The number of rotatable bonds is 4. The normalized spacial score (nSPS) is 18.0. The van der Waals surface area contributed by atoms with Gasteiger partial charge in [-0.25, -0.2) is 13.2 Å². The van der Waals surface area contributed by atoms with E-state index < -0.39 is 15.8 Å². The largest absolute Gasteiger partial charge is 0.478 e. The van der Waals surface area contributed by atoms with E-state index in [0.29, 0.717) is 0 Å². The molecule has 2 aromatic carbocycles. The number of carboxylic acid groups (broad SMARTS) is 1. The number of carboxylic acids is 1. The monoisotopic (exact) mass is 384 g/mol. The van der Waals surface area contributed by atoms with E-state index >= 15 is 0 Å². The third-order valence-corrected chi connectivity index (χ3v) is 7.84. The second-order valence-corrected chi connectivity index (χ2v) is 10.1. The van der Waals surface area contributed by atoms with Gasteiger partial charge >= 0.3 is 5.97 Å². The highest BCUT2D eigenvalue weighted by atomic mass is 32.2. The highest BCUT2D eigenvalue weighted by molar-refractivity contribution is 7.90. The topological polar surface area (TPSA) is 71.4 Å². The molecule has 0 spiro atoms. The Morgan fingerprint density at radius 2 is 1.59 bits per heavy atom. The van der Waals surface area contributed by atoms with Gasteiger partial charge < -0.3 is 5.11 Å². The van der Waals surface area contributed by atoms with Crippen LogP contribution in [0, 0.1) is 0 Å². The molecule has 0 bridgehead atoms. The van der Waals surface area contributed by atoms with E-state index in [0.717, 1.165) is 31.2 Å². The van der Waals surface area contributed by atoms with Crippen LogP contribution >= 0.6 is 0 Å². The van der Waals surface area contributed by atoms with Gasteiger partial charge in [0.15, 0.2) is 9.84 Å². The molecule has 0 heterocycles.